The van der Waals surface area contributed by atoms with Gasteiger partial charge in [-0.05, 0) is 43.2 Å². The van der Waals surface area contributed by atoms with Crippen LogP contribution in [0.3, 0.4) is 0 Å². The number of carbonyl (C=O) groups is 2. The third kappa shape index (κ3) is 3.36. The number of hydrogen-bond donors (Lipinski definition) is 1. The lowest BCUT2D eigenvalue weighted by Gasteiger charge is -2.09. The highest BCUT2D eigenvalue weighted by atomic mass is 35.5. The molecule has 0 amide bonds. The topological polar surface area (TPSA) is 68.5 Å². The Balaban J connectivity index is 2.36. The summed E-state index contributed by atoms with van der Waals surface area (Å²) < 4.78 is 21.5. The summed E-state index contributed by atoms with van der Waals surface area (Å²) in [5, 5.41) is 10.5. The van der Waals surface area contributed by atoms with Gasteiger partial charge in [-0.2, -0.15) is 0 Å². The molecule has 7 heteroatoms. The Morgan fingerprint density at radius 3 is 2.61 bits per heavy atom. The number of benzene rings is 2. The molecule has 0 aliphatic heterocycles. The largest absolute Gasteiger partial charge is 0.505 e. The molecule has 146 valence electrons. The van der Waals surface area contributed by atoms with Crippen LogP contribution in [0.2, 0.25) is 5.02 Å². The molecule has 3 rings (SSSR count). The number of esters is 1. The third-order valence-electron chi connectivity index (χ3n) is 4.47. The highest BCUT2D eigenvalue weighted by Crippen LogP contribution is 2.40. The fraction of sp³-hybridized carbons (Fsp3) is 0.238. The van der Waals surface area contributed by atoms with Crippen LogP contribution in [-0.4, -0.2) is 21.6 Å². The van der Waals surface area contributed by atoms with Crippen LogP contribution in [0, 0.1) is 12.7 Å². The van der Waals surface area contributed by atoms with Gasteiger partial charge >= 0.3 is 5.97 Å². The summed E-state index contributed by atoms with van der Waals surface area (Å²) >= 11 is 6.00. The van der Waals surface area contributed by atoms with Crippen LogP contribution in [0.5, 0.6) is 11.5 Å². The summed E-state index contributed by atoms with van der Waals surface area (Å²) in [5.74, 6) is -2.62. The van der Waals surface area contributed by atoms with Gasteiger partial charge in [0.25, 0.3) is 5.91 Å². The lowest BCUT2D eigenvalue weighted by Crippen LogP contribution is -2.14. The first-order valence-electron chi connectivity index (χ1n) is 8.80. The monoisotopic (exact) mass is 403 g/mol. The molecule has 0 atom stereocenters. The first-order chi connectivity index (χ1) is 13.3. The van der Waals surface area contributed by atoms with Crippen molar-refractivity contribution in [1.29, 1.82) is 0 Å². The number of halogens is 2. The Kier molecular flexibility index (Phi) is 5.42. The van der Waals surface area contributed by atoms with E-state index in [0.29, 0.717) is 29.0 Å². The smallest absolute Gasteiger partial charge is 0.308 e. The lowest BCUT2D eigenvalue weighted by atomic mass is 10.1. The second-order valence-corrected chi connectivity index (χ2v) is 6.94. The number of aromatic hydroxyl groups is 1. The van der Waals surface area contributed by atoms with E-state index in [4.69, 9.17) is 16.3 Å². The molecule has 5 nitrogen and oxygen atoms in total. The first-order valence-corrected chi connectivity index (χ1v) is 9.18. The Hall–Kier alpha value is -2.86. The van der Waals surface area contributed by atoms with E-state index in [1.165, 1.54) is 17.6 Å². The molecular weight excluding hydrogens is 385 g/mol. The highest BCUT2D eigenvalue weighted by molar-refractivity contribution is 6.31. The van der Waals surface area contributed by atoms with E-state index < -0.39 is 23.4 Å². The van der Waals surface area contributed by atoms with Crippen LogP contribution >= 0.6 is 11.6 Å². The molecule has 0 aliphatic rings. The molecule has 0 saturated carbocycles. The van der Waals surface area contributed by atoms with Crippen LogP contribution in [0.1, 0.15) is 41.9 Å². The van der Waals surface area contributed by atoms with Crippen molar-refractivity contribution in [3.8, 4) is 11.5 Å². The number of phenols is 1. The zero-order valence-corrected chi connectivity index (χ0v) is 16.4. The zero-order chi connectivity index (χ0) is 20.6. The molecule has 0 saturated heterocycles. The van der Waals surface area contributed by atoms with Gasteiger partial charge in [0.15, 0.2) is 17.3 Å². The maximum absolute atomic E-state index is 15.0. The second kappa shape index (κ2) is 7.64. The normalized spacial score (nSPS) is 11.0. The fourth-order valence-electron chi connectivity index (χ4n) is 3.27. The number of rotatable bonds is 4. The quantitative estimate of drug-likeness (QED) is 0.621. The van der Waals surface area contributed by atoms with Crippen molar-refractivity contribution in [3.05, 3.63) is 58.0 Å². The molecule has 0 aliphatic carbocycles. The van der Waals surface area contributed by atoms with Crippen LogP contribution in [0.25, 0.3) is 10.9 Å². The fourth-order valence-corrected chi connectivity index (χ4v) is 3.46. The summed E-state index contributed by atoms with van der Waals surface area (Å²) in [6.45, 7) is 4.63. The van der Waals surface area contributed by atoms with E-state index in [1.807, 2.05) is 6.92 Å². The van der Waals surface area contributed by atoms with Crippen molar-refractivity contribution in [2.24, 2.45) is 0 Å². The molecule has 0 unspecified atom stereocenters. The Labute approximate surface area is 166 Å². The van der Waals surface area contributed by atoms with Crippen molar-refractivity contribution < 1.29 is 23.8 Å². The van der Waals surface area contributed by atoms with Gasteiger partial charge in [-0.3, -0.25) is 14.2 Å². The maximum Gasteiger partial charge on any atom is 0.308 e. The minimum absolute atomic E-state index is 0.0891. The van der Waals surface area contributed by atoms with E-state index in [-0.39, 0.29) is 22.3 Å². The van der Waals surface area contributed by atoms with Gasteiger partial charge in [-0.25, -0.2) is 4.39 Å². The van der Waals surface area contributed by atoms with Crippen LogP contribution < -0.4 is 4.74 Å². The summed E-state index contributed by atoms with van der Waals surface area (Å²) in [5.41, 5.74) is 1.14. The van der Waals surface area contributed by atoms with Gasteiger partial charge in [-0.1, -0.05) is 31.0 Å². The van der Waals surface area contributed by atoms with Gasteiger partial charge in [-0.15, -0.1) is 0 Å². The van der Waals surface area contributed by atoms with Gasteiger partial charge in [0, 0.05) is 17.5 Å². The van der Waals surface area contributed by atoms with Crippen molar-refractivity contribution in [2.45, 2.75) is 33.6 Å². The SMILES string of the molecule is CCCc1cc2c(c(F)c1O)c(OC(C)=O)c(C)n2C(=O)c1cccc(Cl)c1. The average molecular weight is 404 g/mol. The van der Waals surface area contributed by atoms with Crippen molar-refractivity contribution in [3.63, 3.8) is 0 Å². The molecule has 2 aromatic carbocycles. The summed E-state index contributed by atoms with van der Waals surface area (Å²) in [4.78, 5) is 24.7. The summed E-state index contributed by atoms with van der Waals surface area (Å²) in [7, 11) is 0. The van der Waals surface area contributed by atoms with Crippen LogP contribution in [-0.2, 0) is 11.2 Å². The highest BCUT2D eigenvalue weighted by Gasteiger charge is 2.27. The molecule has 1 aromatic heterocycles. The first kappa shape index (κ1) is 19.9. The second-order valence-electron chi connectivity index (χ2n) is 6.50. The lowest BCUT2D eigenvalue weighted by molar-refractivity contribution is -0.131. The third-order valence-corrected chi connectivity index (χ3v) is 4.71. The minimum atomic E-state index is -0.919. The Morgan fingerprint density at radius 2 is 2.00 bits per heavy atom. The number of nitrogens with zero attached hydrogens (tertiary/aromatic N) is 1. The summed E-state index contributed by atoms with van der Waals surface area (Å²) in [6, 6.07) is 7.93. The number of ether oxygens (including phenoxy) is 1. The number of carbonyl (C=O) groups excluding carboxylic acids is 2. The van der Waals surface area contributed by atoms with Gasteiger partial charge in [0.05, 0.1) is 16.6 Å². The molecule has 1 heterocycles. The molecule has 1 N–H and O–H groups in total. The van der Waals surface area contributed by atoms with Gasteiger partial charge < -0.3 is 9.84 Å². The molecule has 0 bridgehead atoms. The number of aromatic nitrogens is 1. The van der Waals surface area contributed by atoms with Gasteiger partial charge in [0.1, 0.15) is 0 Å². The standard InChI is InChI=1S/C21H19ClFNO4/c1-4-6-13-10-16-17(18(23)19(13)26)20(28-12(3)25)11(2)24(16)21(27)14-7-5-8-15(22)9-14/h5,7-10,26H,4,6H2,1-3H3. The molecule has 3 aromatic rings. The van der Waals surface area contributed by atoms with E-state index >= 15 is 4.39 Å². The predicted molar refractivity (Wildman–Crippen MR) is 105 cm³/mol. The predicted octanol–water partition coefficient (Wildman–Crippen LogP) is 5.01. The number of phenolic OH excluding ortho intramolecular Hbond substituents is 1. The molecular formula is C21H19ClFNO4. The Bertz CT molecular complexity index is 1100. The minimum Gasteiger partial charge on any atom is -0.505 e. The van der Waals surface area contributed by atoms with Crippen molar-refractivity contribution in [2.75, 3.05) is 0 Å². The van der Waals surface area contributed by atoms with Crippen molar-refractivity contribution in [1.82, 2.24) is 4.57 Å². The Morgan fingerprint density at radius 1 is 1.29 bits per heavy atom. The zero-order valence-electron chi connectivity index (χ0n) is 15.7. The van der Waals surface area contributed by atoms with Crippen molar-refractivity contribution >= 4 is 34.4 Å². The van der Waals surface area contributed by atoms with E-state index in [1.54, 1.807) is 31.2 Å². The number of hydrogen-bond acceptors (Lipinski definition) is 4. The molecule has 0 spiro atoms. The molecule has 28 heavy (non-hydrogen) atoms. The number of aryl methyl sites for hydroxylation is 1. The van der Waals surface area contributed by atoms with E-state index in [9.17, 15) is 14.7 Å². The molecule has 0 fully saturated rings. The molecule has 0 radical (unpaired) electrons. The maximum atomic E-state index is 15.0. The van der Waals surface area contributed by atoms with Gasteiger partial charge in [0.2, 0.25) is 0 Å². The van der Waals surface area contributed by atoms with E-state index in [2.05, 4.69) is 0 Å². The summed E-state index contributed by atoms with van der Waals surface area (Å²) in [6.07, 6.45) is 1.11. The van der Waals surface area contributed by atoms with E-state index in [0.717, 1.165) is 0 Å². The average Bonchev–Trinajstić information content (AvgIpc) is 2.90. The van der Waals surface area contributed by atoms with Crippen LogP contribution in [0.4, 0.5) is 4.39 Å². The number of fused-ring (bicyclic) bond motifs is 1. The van der Waals surface area contributed by atoms with Crippen LogP contribution in [0.15, 0.2) is 30.3 Å².